The van der Waals surface area contributed by atoms with Gasteiger partial charge in [0.05, 0.1) is 4.90 Å². The van der Waals surface area contributed by atoms with Crippen molar-refractivity contribution in [2.45, 2.75) is 44.4 Å². The number of carbonyl (C=O) groups excluding carboxylic acids is 1. The van der Waals surface area contributed by atoms with E-state index in [4.69, 9.17) is 0 Å². The maximum Gasteiger partial charge on any atom is 0.240 e. The SMILES string of the molecule is CC(=O)N1CCC(CNS(=O)(=O)c2ccc(C(C)(C)C)cc2)C1. The summed E-state index contributed by atoms with van der Waals surface area (Å²) in [5.74, 6) is 0.232. The van der Waals surface area contributed by atoms with E-state index < -0.39 is 10.0 Å². The summed E-state index contributed by atoms with van der Waals surface area (Å²) in [7, 11) is -3.50. The Morgan fingerprint density at radius 2 is 1.87 bits per heavy atom. The second kappa shape index (κ2) is 6.61. The molecule has 0 bridgehead atoms. The predicted molar refractivity (Wildman–Crippen MR) is 90.7 cm³/mol. The van der Waals surface area contributed by atoms with Gasteiger partial charge < -0.3 is 4.90 Å². The van der Waals surface area contributed by atoms with E-state index in [9.17, 15) is 13.2 Å². The number of rotatable bonds is 4. The summed E-state index contributed by atoms with van der Waals surface area (Å²) in [6.45, 7) is 9.53. The number of nitrogens with zero attached hydrogens (tertiary/aromatic N) is 1. The van der Waals surface area contributed by atoms with Crippen molar-refractivity contribution in [3.63, 3.8) is 0 Å². The van der Waals surface area contributed by atoms with Crippen LogP contribution >= 0.6 is 0 Å². The van der Waals surface area contributed by atoms with E-state index in [1.165, 1.54) is 0 Å². The van der Waals surface area contributed by atoms with Gasteiger partial charge in [0.15, 0.2) is 0 Å². The predicted octanol–water partition coefficient (Wildman–Crippen LogP) is 2.13. The lowest BCUT2D eigenvalue weighted by Crippen LogP contribution is -2.32. The normalized spacial score (nSPS) is 19.1. The summed E-state index contributed by atoms with van der Waals surface area (Å²) < 4.78 is 27.4. The smallest absolute Gasteiger partial charge is 0.240 e. The molecule has 6 heteroatoms. The molecule has 23 heavy (non-hydrogen) atoms. The fourth-order valence-corrected chi connectivity index (χ4v) is 3.85. The zero-order valence-corrected chi connectivity index (χ0v) is 15.1. The van der Waals surface area contributed by atoms with Crippen molar-refractivity contribution in [1.82, 2.24) is 9.62 Å². The third kappa shape index (κ3) is 4.54. The highest BCUT2D eigenvalue weighted by atomic mass is 32.2. The van der Waals surface area contributed by atoms with E-state index in [0.717, 1.165) is 12.0 Å². The zero-order chi connectivity index (χ0) is 17.3. The second-order valence-corrected chi connectivity index (χ2v) is 9.01. The van der Waals surface area contributed by atoms with Crippen molar-refractivity contribution < 1.29 is 13.2 Å². The summed E-state index contributed by atoms with van der Waals surface area (Å²) >= 11 is 0. The fourth-order valence-electron chi connectivity index (χ4n) is 2.73. The minimum absolute atomic E-state index is 0.00425. The Hall–Kier alpha value is -1.40. The third-order valence-electron chi connectivity index (χ3n) is 4.32. The summed E-state index contributed by atoms with van der Waals surface area (Å²) in [5.41, 5.74) is 1.10. The van der Waals surface area contributed by atoms with Gasteiger partial charge >= 0.3 is 0 Å². The number of hydrogen-bond acceptors (Lipinski definition) is 3. The van der Waals surface area contributed by atoms with Crippen LogP contribution in [0, 0.1) is 5.92 Å². The molecule has 1 aliphatic heterocycles. The molecular formula is C17H26N2O3S. The van der Waals surface area contributed by atoms with Crippen LogP contribution < -0.4 is 4.72 Å². The first-order chi connectivity index (χ1) is 10.6. The maximum absolute atomic E-state index is 12.4. The van der Waals surface area contributed by atoms with E-state index >= 15 is 0 Å². The highest BCUT2D eigenvalue weighted by Gasteiger charge is 2.26. The first-order valence-corrected chi connectivity index (χ1v) is 9.43. The van der Waals surface area contributed by atoms with Crippen molar-refractivity contribution in [2.75, 3.05) is 19.6 Å². The Kier molecular flexibility index (Phi) is 5.16. The van der Waals surface area contributed by atoms with Gasteiger partial charge in [-0.3, -0.25) is 4.79 Å². The van der Waals surface area contributed by atoms with Gasteiger partial charge in [0.25, 0.3) is 0 Å². The Morgan fingerprint density at radius 3 is 2.35 bits per heavy atom. The van der Waals surface area contributed by atoms with Crippen molar-refractivity contribution in [2.24, 2.45) is 5.92 Å². The van der Waals surface area contributed by atoms with Crippen molar-refractivity contribution >= 4 is 15.9 Å². The van der Waals surface area contributed by atoms with E-state index in [2.05, 4.69) is 25.5 Å². The number of nitrogens with one attached hydrogen (secondary N) is 1. The lowest BCUT2D eigenvalue weighted by Gasteiger charge is -2.19. The molecule has 1 heterocycles. The standard InChI is InChI=1S/C17H26N2O3S/c1-13(20)19-10-9-14(12-19)11-18-23(21,22)16-7-5-15(6-8-16)17(2,3)4/h5-8,14,18H,9-12H2,1-4H3. The molecule has 0 spiro atoms. The molecule has 1 aromatic carbocycles. The summed E-state index contributed by atoms with van der Waals surface area (Å²) in [5, 5.41) is 0. The molecule has 0 aromatic heterocycles. The number of hydrogen-bond donors (Lipinski definition) is 1. The van der Waals surface area contributed by atoms with E-state index in [1.54, 1.807) is 24.0 Å². The largest absolute Gasteiger partial charge is 0.343 e. The van der Waals surface area contributed by atoms with Gasteiger partial charge in [-0.15, -0.1) is 0 Å². The Balaban J connectivity index is 1.98. The molecule has 2 rings (SSSR count). The molecule has 1 aromatic rings. The molecule has 1 amide bonds. The fraction of sp³-hybridized carbons (Fsp3) is 0.588. The minimum Gasteiger partial charge on any atom is -0.343 e. The van der Waals surface area contributed by atoms with Crippen molar-refractivity contribution in [3.05, 3.63) is 29.8 Å². The van der Waals surface area contributed by atoms with Crippen molar-refractivity contribution in [1.29, 1.82) is 0 Å². The highest BCUT2D eigenvalue weighted by Crippen LogP contribution is 2.23. The first-order valence-electron chi connectivity index (χ1n) is 7.95. The van der Waals surface area contributed by atoms with Gasteiger partial charge in [-0.2, -0.15) is 0 Å². The highest BCUT2D eigenvalue weighted by molar-refractivity contribution is 7.89. The Labute approximate surface area is 139 Å². The molecule has 1 atom stereocenters. The maximum atomic E-state index is 12.4. The molecule has 1 fully saturated rings. The van der Waals surface area contributed by atoms with Crippen LogP contribution in [0.3, 0.4) is 0 Å². The van der Waals surface area contributed by atoms with Crippen LogP contribution in [0.25, 0.3) is 0 Å². The zero-order valence-electron chi connectivity index (χ0n) is 14.3. The monoisotopic (exact) mass is 338 g/mol. The molecule has 1 aliphatic rings. The number of benzene rings is 1. The molecule has 5 nitrogen and oxygen atoms in total. The average molecular weight is 338 g/mol. The van der Waals surface area contributed by atoms with Crippen LogP contribution in [-0.4, -0.2) is 38.9 Å². The first kappa shape index (κ1) is 17.9. The van der Waals surface area contributed by atoms with Gasteiger partial charge in [-0.25, -0.2) is 13.1 Å². The molecule has 1 N–H and O–H groups in total. The molecule has 1 unspecified atom stereocenters. The molecular weight excluding hydrogens is 312 g/mol. The van der Waals surface area contributed by atoms with E-state index in [-0.39, 0.29) is 22.1 Å². The van der Waals surface area contributed by atoms with Crippen LogP contribution in [0.5, 0.6) is 0 Å². The number of sulfonamides is 1. The molecule has 0 saturated carbocycles. The number of likely N-dealkylation sites (tertiary alicyclic amines) is 1. The van der Waals surface area contributed by atoms with Gasteiger partial charge in [0, 0.05) is 26.6 Å². The lowest BCUT2D eigenvalue weighted by atomic mass is 9.87. The van der Waals surface area contributed by atoms with Gasteiger partial charge in [-0.05, 0) is 35.4 Å². The van der Waals surface area contributed by atoms with Gasteiger partial charge in [0.1, 0.15) is 0 Å². The average Bonchev–Trinajstić information content (AvgIpc) is 2.94. The molecule has 0 aliphatic carbocycles. The molecule has 1 saturated heterocycles. The van der Waals surface area contributed by atoms with Crippen molar-refractivity contribution in [3.8, 4) is 0 Å². The number of carbonyl (C=O) groups is 1. The second-order valence-electron chi connectivity index (χ2n) is 7.25. The Morgan fingerprint density at radius 1 is 1.26 bits per heavy atom. The topological polar surface area (TPSA) is 66.5 Å². The van der Waals surface area contributed by atoms with E-state index in [0.29, 0.717) is 19.6 Å². The van der Waals surface area contributed by atoms with Gasteiger partial charge in [-0.1, -0.05) is 32.9 Å². The Bertz CT molecular complexity index is 660. The van der Waals surface area contributed by atoms with E-state index in [1.807, 2.05) is 12.1 Å². The van der Waals surface area contributed by atoms with Gasteiger partial charge in [0.2, 0.25) is 15.9 Å². The third-order valence-corrected chi connectivity index (χ3v) is 5.76. The van der Waals surface area contributed by atoms with Crippen LogP contribution in [0.4, 0.5) is 0 Å². The molecule has 0 radical (unpaired) electrons. The summed E-state index contributed by atoms with van der Waals surface area (Å²) in [6, 6.07) is 7.03. The van der Waals surface area contributed by atoms with Crippen LogP contribution in [-0.2, 0) is 20.2 Å². The van der Waals surface area contributed by atoms with Crippen LogP contribution in [0.1, 0.15) is 39.7 Å². The van der Waals surface area contributed by atoms with Crippen LogP contribution in [0.15, 0.2) is 29.2 Å². The summed E-state index contributed by atoms with van der Waals surface area (Å²) in [4.78, 5) is 13.4. The minimum atomic E-state index is -3.50. The molecule has 128 valence electrons. The quantitative estimate of drug-likeness (QED) is 0.914. The summed E-state index contributed by atoms with van der Waals surface area (Å²) in [6.07, 6.45) is 0.838. The lowest BCUT2D eigenvalue weighted by molar-refractivity contribution is -0.127. The number of amides is 1. The van der Waals surface area contributed by atoms with Crippen LogP contribution in [0.2, 0.25) is 0 Å².